The second-order valence-electron chi connectivity index (χ2n) is 26.8. The van der Waals surface area contributed by atoms with Crippen LogP contribution in [0.5, 0.6) is 0 Å². The predicted octanol–water partition coefficient (Wildman–Crippen LogP) is 19.3. The number of phosphoric acid groups is 2. The molecule has 0 spiro atoms. The van der Waals surface area contributed by atoms with E-state index < -0.39 is 97.5 Å². The lowest BCUT2D eigenvalue weighted by atomic mass is 10.0. The van der Waals surface area contributed by atoms with E-state index in [9.17, 15) is 43.2 Å². The maximum absolute atomic E-state index is 13.0. The van der Waals surface area contributed by atoms with Gasteiger partial charge in [0, 0.05) is 25.7 Å². The van der Waals surface area contributed by atoms with Crippen molar-refractivity contribution in [3.8, 4) is 0 Å². The van der Waals surface area contributed by atoms with Crippen LogP contribution < -0.4 is 0 Å². The van der Waals surface area contributed by atoms with Gasteiger partial charge in [-0.2, -0.15) is 0 Å². The quantitative estimate of drug-likeness (QED) is 0.0222. The summed E-state index contributed by atoms with van der Waals surface area (Å²) >= 11 is 0. The SMILES string of the molecule is CC(C)CCCCCCCCCCCCCC(=O)O[C@H](COC(=O)CCCCCCCCCCC(C)C)COP(=O)(O)OCC(O)COP(=O)(O)OC[C@@H](COC(=O)CCCCCCCCCCC(C)C)OC(=O)CCCCCCCCCCCC(C)C. The monoisotopic (exact) mass is 1300 g/mol. The molecule has 5 atom stereocenters. The fourth-order valence-electron chi connectivity index (χ4n) is 10.3. The highest BCUT2D eigenvalue weighted by Crippen LogP contribution is 2.45. The van der Waals surface area contributed by atoms with Gasteiger partial charge in [-0.3, -0.25) is 37.3 Å². The Morgan fingerprint density at radius 3 is 0.705 bits per heavy atom. The van der Waals surface area contributed by atoms with Crippen molar-refractivity contribution in [3.05, 3.63) is 0 Å². The summed E-state index contributed by atoms with van der Waals surface area (Å²) in [6.45, 7) is 14.0. The Morgan fingerprint density at radius 1 is 0.284 bits per heavy atom. The van der Waals surface area contributed by atoms with Crippen LogP contribution in [0.4, 0.5) is 0 Å². The third-order valence-corrected chi connectivity index (χ3v) is 17.7. The molecule has 0 amide bonds. The molecule has 0 radical (unpaired) electrons. The smallest absolute Gasteiger partial charge is 0.462 e. The third kappa shape index (κ3) is 62.8. The average molecular weight is 1300 g/mol. The van der Waals surface area contributed by atoms with E-state index in [-0.39, 0.29) is 25.7 Å². The first kappa shape index (κ1) is 86.1. The number of unbranched alkanes of at least 4 members (excludes halogenated alkanes) is 32. The Bertz CT molecular complexity index is 1750. The zero-order valence-corrected chi connectivity index (χ0v) is 59.1. The molecular formula is C69H134O17P2. The number of phosphoric ester groups is 2. The summed E-state index contributed by atoms with van der Waals surface area (Å²) < 4.78 is 68.2. The van der Waals surface area contributed by atoms with Gasteiger partial charge in [-0.05, 0) is 49.4 Å². The molecule has 0 saturated heterocycles. The molecule has 0 aliphatic heterocycles. The van der Waals surface area contributed by atoms with Crippen LogP contribution in [0.2, 0.25) is 0 Å². The molecule has 0 heterocycles. The molecule has 0 aliphatic carbocycles. The van der Waals surface area contributed by atoms with Crippen molar-refractivity contribution in [2.75, 3.05) is 39.6 Å². The minimum Gasteiger partial charge on any atom is -0.462 e. The van der Waals surface area contributed by atoms with Crippen LogP contribution in [0.1, 0.15) is 338 Å². The van der Waals surface area contributed by atoms with E-state index in [1.165, 1.54) is 141 Å². The number of ether oxygens (including phenoxy) is 4. The van der Waals surface area contributed by atoms with Crippen LogP contribution in [0, 0.1) is 23.7 Å². The Hall–Kier alpha value is -1.94. The molecule has 0 bridgehead atoms. The van der Waals surface area contributed by atoms with Crippen LogP contribution in [0.25, 0.3) is 0 Å². The molecule has 0 aromatic heterocycles. The third-order valence-electron chi connectivity index (χ3n) is 15.8. The zero-order valence-electron chi connectivity index (χ0n) is 57.3. The Balaban J connectivity index is 5.26. The summed E-state index contributed by atoms with van der Waals surface area (Å²) in [5, 5.41) is 10.6. The Labute approximate surface area is 537 Å². The first-order chi connectivity index (χ1) is 42.1. The lowest BCUT2D eigenvalue weighted by Gasteiger charge is -2.21. The van der Waals surface area contributed by atoms with Crippen LogP contribution in [-0.4, -0.2) is 96.7 Å². The number of carbonyl (C=O) groups excluding carboxylic acids is 4. The summed E-state index contributed by atoms with van der Waals surface area (Å²) in [7, 11) is -9.90. The van der Waals surface area contributed by atoms with Crippen LogP contribution in [-0.2, 0) is 65.4 Å². The van der Waals surface area contributed by atoms with Crippen molar-refractivity contribution in [2.24, 2.45) is 23.7 Å². The van der Waals surface area contributed by atoms with Crippen molar-refractivity contribution in [3.63, 3.8) is 0 Å². The maximum atomic E-state index is 13.0. The minimum absolute atomic E-state index is 0.104. The van der Waals surface area contributed by atoms with Gasteiger partial charge in [0.2, 0.25) is 0 Å². The molecule has 3 unspecified atom stereocenters. The van der Waals surface area contributed by atoms with E-state index in [0.717, 1.165) is 114 Å². The molecule has 0 fully saturated rings. The number of rotatable bonds is 66. The molecule has 88 heavy (non-hydrogen) atoms. The minimum atomic E-state index is -4.95. The van der Waals surface area contributed by atoms with E-state index in [4.69, 9.17) is 37.0 Å². The lowest BCUT2D eigenvalue weighted by Crippen LogP contribution is -2.30. The number of aliphatic hydroxyl groups excluding tert-OH is 1. The summed E-state index contributed by atoms with van der Waals surface area (Å²) in [6, 6.07) is 0. The molecule has 3 N–H and O–H groups in total. The number of hydrogen-bond acceptors (Lipinski definition) is 15. The predicted molar refractivity (Wildman–Crippen MR) is 354 cm³/mol. The number of hydrogen-bond donors (Lipinski definition) is 3. The Kier molecular flexibility index (Phi) is 57.6. The largest absolute Gasteiger partial charge is 0.472 e. The molecule has 19 heteroatoms. The van der Waals surface area contributed by atoms with E-state index in [2.05, 4.69) is 55.4 Å². The van der Waals surface area contributed by atoms with Gasteiger partial charge in [0.25, 0.3) is 0 Å². The van der Waals surface area contributed by atoms with Gasteiger partial charge in [0.1, 0.15) is 19.3 Å². The highest BCUT2D eigenvalue weighted by Gasteiger charge is 2.30. The van der Waals surface area contributed by atoms with Gasteiger partial charge < -0.3 is 33.8 Å². The van der Waals surface area contributed by atoms with Crippen LogP contribution in [0.15, 0.2) is 0 Å². The molecule has 0 rings (SSSR count). The standard InChI is InChI=1S/C69H134O17P2/c1-59(2)45-37-29-21-13-10-9-11-15-27-35-43-51-68(73)85-64(55-79-66(71)49-41-33-25-19-17-23-31-39-47-61(5)6)57-83-87(75,76)81-53-63(70)54-82-88(77,78)84-58-65(56-80-67(72)50-42-34-26-20-18-24-32-40-48-62(7)8)86-69(74)52-44-36-28-16-12-14-22-30-38-46-60(3)4/h59-65,70H,9-58H2,1-8H3,(H,75,76)(H,77,78)/t63?,64-,65-/m1/s1. The Morgan fingerprint density at radius 2 is 0.477 bits per heavy atom. The van der Waals surface area contributed by atoms with Crippen LogP contribution in [0.3, 0.4) is 0 Å². The normalized spacial score (nSPS) is 14.3. The van der Waals surface area contributed by atoms with Crippen molar-refractivity contribution < 1.29 is 80.2 Å². The highest BCUT2D eigenvalue weighted by atomic mass is 31.2. The van der Waals surface area contributed by atoms with E-state index in [1.807, 2.05) is 0 Å². The topological polar surface area (TPSA) is 237 Å². The van der Waals surface area contributed by atoms with Crippen molar-refractivity contribution in [2.45, 2.75) is 356 Å². The van der Waals surface area contributed by atoms with Crippen molar-refractivity contribution in [1.82, 2.24) is 0 Å². The fourth-order valence-corrected chi connectivity index (χ4v) is 11.9. The van der Waals surface area contributed by atoms with E-state index in [1.54, 1.807) is 0 Å². The maximum Gasteiger partial charge on any atom is 0.472 e. The first-order valence-electron chi connectivity index (χ1n) is 35.7. The molecule has 0 aromatic rings. The molecule has 0 aliphatic rings. The summed E-state index contributed by atoms with van der Waals surface area (Å²) in [6.07, 6.45) is 40.3. The molecule has 0 aromatic carbocycles. The lowest BCUT2D eigenvalue weighted by molar-refractivity contribution is -0.161. The molecule has 17 nitrogen and oxygen atoms in total. The second-order valence-corrected chi connectivity index (χ2v) is 29.7. The van der Waals surface area contributed by atoms with Gasteiger partial charge in [-0.15, -0.1) is 0 Å². The van der Waals surface area contributed by atoms with Gasteiger partial charge in [0.05, 0.1) is 26.4 Å². The summed E-state index contributed by atoms with van der Waals surface area (Å²) in [4.78, 5) is 72.5. The number of esters is 4. The van der Waals surface area contributed by atoms with Gasteiger partial charge in [-0.1, -0.05) is 287 Å². The first-order valence-corrected chi connectivity index (χ1v) is 38.7. The zero-order chi connectivity index (χ0) is 65.4. The molecule has 522 valence electrons. The van der Waals surface area contributed by atoms with Crippen molar-refractivity contribution >= 4 is 39.5 Å². The van der Waals surface area contributed by atoms with Gasteiger partial charge in [-0.25, -0.2) is 9.13 Å². The van der Waals surface area contributed by atoms with Gasteiger partial charge >= 0.3 is 39.5 Å². The average Bonchev–Trinajstić information content (AvgIpc) is 3.54. The van der Waals surface area contributed by atoms with E-state index >= 15 is 0 Å². The summed E-state index contributed by atoms with van der Waals surface area (Å²) in [5.74, 6) is 0.823. The highest BCUT2D eigenvalue weighted by molar-refractivity contribution is 7.47. The number of carbonyl (C=O) groups is 4. The van der Waals surface area contributed by atoms with Crippen LogP contribution >= 0.6 is 15.6 Å². The van der Waals surface area contributed by atoms with Gasteiger partial charge in [0.15, 0.2) is 12.2 Å². The van der Waals surface area contributed by atoms with E-state index in [0.29, 0.717) is 25.7 Å². The van der Waals surface area contributed by atoms with Crippen molar-refractivity contribution in [1.29, 1.82) is 0 Å². The number of aliphatic hydroxyl groups is 1. The molecule has 0 saturated carbocycles. The summed E-state index contributed by atoms with van der Waals surface area (Å²) in [5.41, 5.74) is 0. The fraction of sp³-hybridized carbons (Fsp3) is 0.942. The second kappa shape index (κ2) is 58.8. The molecular weight excluding hydrogens is 1160 g/mol.